The smallest absolute Gasteiger partial charge is 0.275 e. The summed E-state index contributed by atoms with van der Waals surface area (Å²) in [6.07, 6.45) is 0. The molecule has 2 rings (SSSR count). The molecule has 5 heteroatoms. The number of nitrogens with two attached hydrogens (primary N) is 1. The largest absolute Gasteiger partial charge is 0.496 e. The molecule has 0 bridgehead atoms. The summed E-state index contributed by atoms with van der Waals surface area (Å²) in [4.78, 5) is 12.0. The van der Waals surface area contributed by atoms with Gasteiger partial charge in [-0.05, 0) is 19.1 Å². The zero-order valence-electron chi connectivity index (χ0n) is 13.4. The number of nitrogens with one attached hydrogen (secondary N) is 1. The molecule has 0 spiro atoms. The minimum atomic E-state index is -0.0187. The van der Waals surface area contributed by atoms with E-state index in [0.29, 0.717) is 13.1 Å². The SMILES string of the molecule is COc1ccccc1CNC(=O)C[NH2+][C@@H](C)c1ccccc1Cl. The van der Waals surface area contributed by atoms with Crippen molar-refractivity contribution in [3.8, 4) is 5.75 Å². The van der Waals surface area contributed by atoms with Gasteiger partial charge in [0.1, 0.15) is 11.8 Å². The van der Waals surface area contributed by atoms with E-state index in [9.17, 15) is 4.79 Å². The first-order chi connectivity index (χ1) is 11.1. The van der Waals surface area contributed by atoms with Crippen molar-refractivity contribution >= 4 is 17.5 Å². The van der Waals surface area contributed by atoms with Crippen LogP contribution < -0.4 is 15.4 Å². The molecule has 1 atom stereocenters. The van der Waals surface area contributed by atoms with Crippen LogP contribution in [0.15, 0.2) is 48.5 Å². The Morgan fingerprint density at radius 1 is 1.22 bits per heavy atom. The van der Waals surface area contributed by atoms with E-state index >= 15 is 0 Å². The molecule has 3 N–H and O–H groups in total. The Kier molecular flexibility index (Phi) is 6.44. The summed E-state index contributed by atoms with van der Waals surface area (Å²) in [6, 6.07) is 15.5. The molecule has 0 aliphatic carbocycles. The first-order valence-electron chi connectivity index (χ1n) is 7.58. The normalized spacial score (nSPS) is 11.8. The number of rotatable bonds is 7. The molecular formula is C18H22ClN2O2+. The van der Waals surface area contributed by atoms with E-state index in [1.165, 1.54) is 0 Å². The molecule has 0 fully saturated rings. The quantitative estimate of drug-likeness (QED) is 0.817. The van der Waals surface area contributed by atoms with E-state index in [2.05, 4.69) is 5.32 Å². The molecule has 0 heterocycles. The van der Waals surface area contributed by atoms with Crippen molar-refractivity contribution in [2.45, 2.75) is 19.5 Å². The lowest BCUT2D eigenvalue weighted by atomic mass is 10.1. The molecular weight excluding hydrogens is 312 g/mol. The van der Waals surface area contributed by atoms with Crippen LogP contribution in [0.3, 0.4) is 0 Å². The summed E-state index contributed by atoms with van der Waals surface area (Å²) < 4.78 is 5.27. The molecule has 0 saturated carbocycles. The predicted octanol–water partition coefficient (Wildman–Crippen LogP) is 2.29. The number of methoxy groups -OCH3 is 1. The first kappa shape index (κ1) is 17.3. The summed E-state index contributed by atoms with van der Waals surface area (Å²) >= 11 is 6.17. The molecule has 0 aromatic heterocycles. The van der Waals surface area contributed by atoms with Gasteiger partial charge in [0.05, 0.1) is 7.11 Å². The van der Waals surface area contributed by atoms with Crippen molar-refractivity contribution in [1.82, 2.24) is 5.32 Å². The van der Waals surface area contributed by atoms with Crippen molar-refractivity contribution < 1.29 is 14.8 Å². The lowest BCUT2D eigenvalue weighted by molar-refractivity contribution is -0.682. The van der Waals surface area contributed by atoms with Gasteiger partial charge in [-0.25, -0.2) is 0 Å². The number of carbonyl (C=O) groups excluding carboxylic acids is 1. The third kappa shape index (κ3) is 4.98. The second-order valence-corrected chi connectivity index (χ2v) is 5.75. The van der Waals surface area contributed by atoms with E-state index in [0.717, 1.165) is 21.9 Å². The van der Waals surface area contributed by atoms with Gasteiger partial charge in [0.2, 0.25) is 0 Å². The summed E-state index contributed by atoms with van der Waals surface area (Å²) in [5.41, 5.74) is 1.99. The molecule has 0 aliphatic heterocycles. The van der Waals surface area contributed by atoms with Crippen molar-refractivity contribution in [2.24, 2.45) is 0 Å². The minimum absolute atomic E-state index is 0.0187. The lowest BCUT2D eigenvalue weighted by Gasteiger charge is -2.13. The summed E-state index contributed by atoms with van der Waals surface area (Å²) in [5, 5.41) is 5.61. The van der Waals surface area contributed by atoms with Crippen LogP contribution in [0.25, 0.3) is 0 Å². The average Bonchev–Trinajstić information content (AvgIpc) is 2.58. The molecule has 0 saturated heterocycles. The second kappa shape index (κ2) is 8.56. The molecule has 4 nitrogen and oxygen atoms in total. The van der Waals surface area contributed by atoms with E-state index in [1.54, 1.807) is 7.11 Å². The first-order valence-corrected chi connectivity index (χ1v) is 7.96. The molecule has 0 aliphatic rings. The maximum Gasteiger partial charge on any atom is 0.275 e. The van der Waals surface area contributed by atoms with Gasteiger partial charge in [-0.3, -0.25) is 4.79 Å². The molecule has 0 radical (unpaired) electrons. The van der Waals surface area contributed by atoms with Gasteiger partial charge in [0, 0.05) is 22.7 Å². The van der Waals surface area contributed by atoms with Crippen molar-refractivity contribution in [1.29, 1.82) is 0 Å². The van der Waals surface area contributed by atoms with Crippen molar-refractivity contribution in [3.63, 3.8) is 0 Å². The fourth-order valence-corrected chi connectivity index (χ4v) is 2.68. The number of benzene rings is 2. The van der Waals surface area contributed by atoms with Crippen molar-refractivity contribution in [2.75, 3.05) is 13.7 Å². The maximum atomic E-state index is 12.0. The van der Waals surface area contributed by atoms with Crippen LogP contribution in [0.1, 0.15) is 24.1 Å². The van der Waals surface area contributed by atoms with Crippen LogP contribution in [0.5, 0.6) is 5.75 Å². The average molecular weight is 334 g/mol. The number of para-hydroxylation sites is 1. The van der Waals surface area contributed by atoms with Gasteiger partial charge in [-0.15, -0.1) is 0 Å². The molecule has 2 aromatic rings. The Balaban J connectivity index is 1.82. The third-order valence-electron chi connectivity index (χ3n) is 3.72. The Labute approximate surface area is 141 Å². The van der Waals surface area contributed by atoms with Gasteiger partial charge in [0.25, 0.3) is 5.91 Å². The fourth-order valence-electron chi connectivity index (χ4n) is 2.37. The number of halogens is 1. The molecule has 2 aromatic carbocycles. The number of hydrogen-bond donors (Lipinski definition) is 2. The number of ether oxygens (including phenoxy) is 1. The monoisotopic (exact) mass is 333 g/mol. The molecule has 23 heavy (non-hydrogen) atoms. The van der Waals surface area contributed by atoms with Crippen LogP contribution in [0.2, 0.25) is 5.02 Å². The summed E-state index contributed by atoms with van der Waals surface area (Å²) in [5.74, 6) is 0.760. The van der Waals surface area contributed by atoms with E-state index < -0.39 is 0 Å². The van der Waals surface area contributed by atoms with Gasteiger partial charge < -0.3 is 15.4 Å². The molecule has 122 valence electrons. The maximum absolute atomic E-state index is 12.0. The Morgan fingerprint density at radius 3 is 2.65 bits per heavy atom. The number of hydrogen-bond acceptors (Lipinski definition) is 2. The third-order valence-corrected chi connectivity index (χ3v) is 4.07. The minimum Gasteiger partial charge on any atom is -0.496 e. The van der Waals surface area contributed by atoms with Gasteiger partial charge in [0.15, 0.2) is 6.54 Å². The number of amides is 1. The van der Waals surface area contributed by atoms with Crippen LogP contribution in [-0.4, -0.2) is 19.6 Å². The van der Waals surface area contributed by atoms with Gasteiger partial charge in [-0.1, -0.05) is 48.0 Å². The highest BCUT2D eigenvalue weighted by Gasteiger charge is 2.14. The lowest BCUT2D eigenvalue weighted by Crippen LogP contribution is -2.87. The van der Waals surface area contributed by atoms with E-state index in [-0.39, 0.29) is 11.9 Å². The zero-order valence-corrected chi connectivity index (χ0v) is 14.1. The second-order valence-electron chi connectivity index (χ2n) is 5.34. The Bertz CT molecular complexity index is 661. The number of carbonyl (C=O) groups is 1. The highest BCUT2D eigenvalue weighted by molar-refractivity contribution is 6.31. The van der Waals surface area contributed by atoms with Crippen LogP contribution in [0, 0.1) is 0 Å². The van der Waals surface area contributed by atoms with Crippen LogP contribution in [-0.2, 0) is 11.3 Å². The Hall–Kier alpha value is -2.04. The number of quaternary nitrogens is 1. The summed E-state index contributed by atoms with van der Waals surface area (Å²) in [7, 11) is 1.62. The Morgan fingerprint density at radius 2 is 1.91 bits per heavy atom. The van der Waals surface area contributed by atoms with E-state index in [1.807, 2.05) is 60.8 Å². The predicted molar refractivity (Wildman–Crippen MR) is 91.5 cm³/mol. The molecule has 0 unspecified atom stereocenters. The highest BCUT2D eigenvalue weighted by Crippen LogP contribution is 2.19. The van der Waals surface area contributed by atoms with Gasteiger partial charge >= 0.3 is 0 Å². The molecule has 1 amide bonds. The van der Waals surface area contributed by atoms with Crippen LogP contribution in [0.4, 0.5) is 0 Å². The van der Waals surface area contributed by atoms with E-state index in [4.69, 9.17) is 16.3 Å². The standard InChI is InChI=1S/C18H21ClN2O2/c1-13(15-8-4-5-9-16(15)19)20-12-18(22)21-11-14-7-3-6-10-17(14)23-2/h3-10,13,20H,11-12H2,1-2H3,(H,21,22)/p+1/t13-/m0/s1. The van der Waals surface area contributed by atoms with Crippen molar-refractivity contribution in [3.05, 3.63) is 64.7 Å². The van der Waals surface area contributed by atoms with Crippen LogP contribution >= 0.6 is 11.6 Å². The topological polar surface area (TPSA) is 54.9 Å². The zero-order chi connectivity index (χ0) is 16.7. The fraction of sp³-hybridized carbons (Fsp3) is 0.278. The highest BCUT2D eigenvalue weighted by atomic mass is 35.5. The van der Waals surface area contributed by atoms with Gasteiger partial charge in [-0.2, -0.15) is 0 Å². The summed E-state index contributed by atoms with van der Waals surface area (Å²) in [6.45, 7) is 2.84.